The first kappa shape index (κ1) is 14.9. The minimum atomic E-state index is -0.376. The Kier molecular flexibility index (Phi) is 5.22. The molecule has 1 heterocycles. The zero-order valence-electron chi connectivity index (χ0n) is 11.4. The third-order valence-electron chi connectivity index (χ3n) is 2.53. The van der Waals surface area contributed by atoms with E-state index in [0.29, 0.717) is 18.0 Å². The van der Waals surface area contributed by atoms with Crippen LogP contribution in [0.3, 0.4) is 0 Å². The number of thiazole rings is 1. The lowest BCUT2D eigenvalue weighted by Gasteiger charge is -2.03. The Balaban J connectivity index is 1.96. The number of rotatable bonds is 5. The van der Waals surface area contributed by atoms with Crippen LogP contribution >= 0.6 is 11.3 Å². The SMILES string of the molecule is CCOC(=O)C=Cc1ccc(NC(=O)c2cscn2)cc1. The highest BCUT2D eigenvalue weighted by atomic mass is 32.1. The van der Waals surface area contributed by atoms with E-state index >= 15 is 0 Å². The van der Waals surface area contributed by atoms with Crippen molar-refractivity contribution in [2.75, 3.05) is 11.9 Å². The van der Waals surface area contributed by atoms with Crippen molar-refractivity contribution in [3.8, 4) is 0 Å². The maximum Gasteiger partial charge on any atom is 0.330 e. The molecule has 0 aliphatic heterocycles. The summed E-state index contributed by atoms with van der Waals surface area (Å²) in [5.74, 6) is -0.621. The average Bonchev–Trinajstić information content (AvgIpc) is 3.01. The van der Waals surface area contributed by atoms with Gasteiger partial charge in [-0.05, 0) is 30.7 Å². The number of carbonyl (C=O) groups is 2. The fraction of sp³-hybridized carbons (Fsp3) is 0.133. The number of ether oxygens (including phenoxy) is 1. The Morgan fingerprint density at radius 2 is 2.10 bits per heavy atom. The Morgan fingerprint density at radius 3 is 2.71 bits per heavy atom. The maximum absolute atomic E-state index is 11.8. The van der Waals surface area contributed by atoms with E-state index in [1.165, 1.54) is 17.4 Å². The highest BCUT2D eigenvalue weighted by Crippen LogP contribution is 2.12. The summed E-state index contributed by atoms with van der Waals surface area (Å²) in [5.41, 5.74) is 3.51. The van der Waals surface area contributed by atoms with Gasteiger partial charge in [0, 0.05) is 17.1 Å². The molecule has 0 radical (unpaired) electrons. The van der Waals surface area contributed by atoms with E-state index in [9.17, 15) is 9.59 Å². The largest absolute Gasteiger partial charge is 0.463 e. The van der Waals surface area contributed by atoms with Crippen molar-refractivity contribution in [3.05, 3.63) is 52.5 Å². The number of anilines is 1. The Bertz CT molecular complexity index is 633. The number of amides is 1. The van der Waals surface area contributed by atoms with Crippen LogP contribution < -0.4 is 5.32 Å². The van der Waals surface area contributed by atoms with Gasteiger partial charge in [0.05, 0.1) is 12.1 Å². The summed E-state index contributed by atoms with van der Waals surface area (Å²) in [6.07, 6.45) is 3.02. The molecule has 108 valence electrons. The summed E-state index contributed by atoms with van der Waals surface area (Å²) in [5, 5.41) is 4.43. The Hall–Kier alpha value is -2.47. The third kappa shape index (κ3) is 4.54. The molecule has 1 N–H and O–H groups in total. The number of esters is 1. The maximum atomic E-state index is 11.8. The van der Waals surface area contributed by atoms with Gasteiger partial charge in [-0.25, -0.2) is 9.78 Å². The predicted octanol–water partition coefficient (Wildman–Crippen LogP) is 2.97. The fourth-order valence-corrected chi connectivity index (χ4v) is 2.08. The second-order valence-electron chi connectivity index (χ2n) is 4.04. The molecule has 5 nitrogen and oxygen atoms in total. The van der Waals surface area contributed by atoms with Crippen molar-refractivity contribution in [1.82, 2.24) is 4.98 Å². The van der Waals surface area contributed by atoms with Gasteiger partial charge in [-0.3, -0.25) is 4.79 Å². The quantitative estimate of drug-likeness (QED) is 0.681. The average molecular weight is 302 g/mol. The molecule has 1 amide bonds. The van der Waals surface area contributed by atoms with Crippen LogP contribution in [0.25, 0.3) is 6.08 Å². The number of nitrogens with one attached hydrogen (secondary N) is 1. The minimum absolute atomic E-state index is 0.244. The van der Waals surface area contributed by atoms with E-state index in [2.05, 4.69) is 10.3 Å². The molecular weight excluding hydrogens is 288 g/mol. The summed E-state index contributed by atoms with van der Waals surface area (Å²) in [6, 6.07) is 7.11. The van der Waals surface area contributed by atoms with Crippen molar-refractivity contribution in [3.63, 3.8) is 0 Å². The van der Waals surface area contributed by atoms with Crippen molar-refractivity contribution in [2.24, 2.45) is 0 Å². The second kappa shape index (κ2) is 7.35. The van der Waals surface area contributed by atoms with E-state index < -0.39 is 0 Å². The standard InChI is InChI=1S/C15H14N2O3S/c1-2-20-14(18)8-5-11-3-6-12(7-4-11)17-15(19)13-9-21-10-16-13/h3-10H,2H2,1H3,(H,17,19). The molecule has 0 aliphatic rings. The molecule has 0 spiro atoms. The first-order chi connectivity index (χ1) is 10.2. The van der Waals surface area contributed by atoms with Gasteiger partial charge in [-0.1, -0.05) is 12.1 Å². The van der Waals surface area contributed by atoms with Crippen LogP contribution in [-0.2, 0) is 9.53 Å². The van der Waals surface area contributed by atoms with E-state index in [1.54, 1.807) is 48.2 Å². The van der Waals surface area contributed by atoms with Crippen molar-refractivity contribution in [2.45, 2.75) is 6.92 Å². The predicted molar refractivity (Wildman–Crippen MR) is 82.2 cm³/mol. The Labute approximate surface area is 126 Å². The molecule has 2 rings (SSSR count). The summed E-state index contributed by atoms with van der Waals surface area (Å²) >= 11 is 1.37. The second-order valence-corrected chi connectivity index (χ2v) is 4.75. The summed E-state index contributed by atoms with van der Waals surface area (Å²) < 4.78 is 4.79. The number of carbonyl (C=O) groups excluding carboxylic acids is 2. The van der Waals surface area contributed by atoms with Gasteiger partial charge in [0.25, 0.3) is 5.91 Å². The van der Waals surface area contributed by atoms with Gasteiger partial charge in [-0.2, -0.15) is 0 Å². The number of aromatic nitrogens is 1. The topological polar surface area (TPSA) is 68.3 Å². The van der Waals surface area contributed by atoms with Gasteiger partial charge in [0.15, 0.2) is 0 Å². The molecule has 0 bridgehead atoms. The number of nitrogens with zero attached hydrogens (tertiary/aromatic N) is 1. The van der Waals surface area contributed by atoms with Gasteiger partial charge >= 0.3 is 5.97 Å². The molecule has 1 aromatic carbocycles. The van der Waals surface area contributed by atoms with Crippen molar-refractivity contribution in [1.29, 1.82) is 0 Å². The Morgan fingerprint density at radius 1 is 1.33 bits per heavy atom. The lowest BCUT2D eigenvalue weighted by Crippen LogP contribution is -2.11. The molecule has 0 saturated carbocycles. The molecule has 0 aliphatic carbocycles. The first-order valence-corrected chi connectivity index (χ1v) is 7.27. The molecule has 0 fully saturated rings. The van der Waals surface area contributed by atoms with Crippen LogP contribution in [0.1, 0.15) is 23.0 Å². The zero-order valence-corrected chi connectivity index (χ0v) is 12.2. The van der Waals surface area contributed by atoms with Crippen LogP contribution in [0.4, 0.5) is 5.69 Å². The normalized spacial score (nSPS) is 10.5. The summed E-state index contributed by atoms with van der Waals surface area (Å²) in [4.78, 5) is 26.9. The van der Waals surface area contributed by atoms with Gasteiger partial charge < -0.3 is 10.1 Å². The van der Waals surface area contributed by atoms with Gasteiger partial charge in [0.1, 0.15) is 5.69 Å². The highest BCUT2D eigenvalue weighted by molar-refractivity contribution is 7.07. The molecule has 0 unspecified atom stereocenters. The first-order valence-electron chi connectivity index (χ1n) is 6.33. The van der Waals surface area contributed by atoms with E-state index in [0.717, 1.165) is 5.56 Å². The van der Waals surface area contributed by atoms with Gasteiger partial charge in [0.2, 0.25) is 0 Å². The van der Waals surface area contributed by atoms with E-state index in [1.807, 2.05) is 0 Å². The number of hydrogen-bond donors (Lipinski definition) is 1. The van der Waals surface area contributed by atoms with Crippen LogP contribution in [0, 0.1) is 0 Å². The summed E-state index contributed by atoms with van der Waals surface area (Å²) in [7, 11) is 0. The monoisotopic (exact) mass is 302 g/mol. The lowest BCUT2D eigenvalue weighted by atomic mass is 10.2. The van der Waals surface area contributed by atoms with Crippen LogP contribution in [0.2, 0.25) is 0 Å². The lowest BCUT2D eigenvalue weighted by molar-refractivity contribution is -0.137. The fourth-order valence-electron chi connectivity index (χ4n) is 1.55. The number of benzene rings is 1. The molecule has 1 aromatic heterocycles. The molecular formula is C15H14N2O3S. The van der Waals surface area contributed by atoms with Gasteiger partial charge in [-0.15, -0.1) is 11.3 Å². The minimum Gasteiger partial charge on any atom is -0.463 e. The molecule has 6 heteroatoms. The molecule has 21 heavy (non-hydrogen) atoms. The number of hydrogen-bond acceptors (Lipinski definition) is 5. The van der Waals surface area contributed by atoms with Crippen molar-refractivity contribution < 1.29 is 14.3 Å². The zero-order chi connectivity index (χ0) is 15.1. The molecule has 0 saturated heterocycles. The highest BCUT2D eigenvalue weighted by Gasteiger charge is 2.07. The molecule has 0 atom stereocenters. The van der Waals surface area contributed by atoms with Crippen LogP contribution in [-0.4, -0.2) is 23.5 Å². The molecule has 2 aromatic rings. The van der Waals surface area contributed by atoms with E-state index in [4.69, 9.17) is 4.74 Å². The van der Waals surface area contributed by atoms with E-state index in [-0.39, 0.29) is 11.9 Å². The van der Waals surface area contributed by atoms with Crippen molar-refractivity contribution >= 4 is 35.0 Å². The van der Waals surface area contributed by atoms with Crippen LogP contribution in [0.15, 0.2) is 41.2 Å². The summed E-state index contributed by atoms with van der Waals surface area (Å²) in [6.45, 7) is 2.11. The van der Waals surface area contributed by atoms with Crippen LogP contribution in [0.5, 0.6) is 0 Å². The third-order valence-corrected chi connectivity index (χ3v) is 3.12. The smallest absolute Gasteiger partial charge is 0.330 e.